The van der Waals surface area contributed by atoms with Crippen molar-refractivity contribution < 1.29 is 13.2 Å². The topological polar surface area (TPSA) is 78.8 Å². The van der Waals surface area contributed by atoms with Crippen LogP contribution < -0.4 is 10.2 Å². The second-order valence-corrected chi connectivity index (χ2v) is 10.1. The first-order valence-electron chi connectivity index (χ1n) is 9.78. The zero-order chi connectivity index (χ0) is 22.7. The molecule has 0 fully saturated rings. The molecule has 0 atom stereocenters. The van der Waals surface area contributed by atoms with E-state index in [1.807, 2.05) is 42.2 Å². The summed E-state index contributed by atoms with van der Waals surface area (Å²) in [6, 6.07) is 21.7. The largest absolute Gasteiger partial charge is 0.325 e. The molecule has 3 aromatic rings. The first-order valence-corrected chi connectivity index (χ1v) is 12.6. The van der Waals surface area contributed by atoms with E-state index in [4.69, 9.17) is 11.6 Å². The number of para-hydroxylation sites is 1. The van der Waals surface area contributed by atoms with E-state index in [0.717, 1.165) is 22.9 Å². The molecule has 1 aliphatic rings. The molecule has 164 valence electrons. The zero-order valence-corrected chi connectivity index (χ0v) is 19.5. The molecule has 1 amide bonds. The average Bonchev–Trinajstić information content (AvgIpc) is 2.78. The summed E-state index contributed by atoms with van der Waals surface area (Å²) in [5.74, 6) is -0.285. The van der Waals surface area contributed by atoms with Crippen LogP contribution in [-0.4, -0.2) is 25.2 Å². The summed E-state index contributed by atoms with van der Waals surface area (Å²) in [5, 5.41) is 3.64. The third kappa shape index (κ3) is 4.82. The molecule has 0 radical (unpaired) electrons. The number of carbonyl (C=O) groups is 1. The fourth-order valence-electron chi connectivity index (χ4n) is 3.28. The van der Waals surface area contributed by atoms with Gasteiger partial charge in [-0.05, 0) is 42.3 Å². The monoisotopic (exact) mass is 485 g/mol. The smallest absolute Gasteiger partial charge is 0.286 e. The highest BCUT2D eigenvalue weighted by atomic mass is 35.5. The molecule has 1 aliphatic heterocycles. The SMILES string of the molecule is Cc1c(Cl)cccc1NC(=O)CSC1=NS(=O)(=O)c2ccccc2N1Cc1ccccc1. The summed E-state index contributed by atoms with van der Waals surface area (Å²) in [6.07, 6.45) is 0. The number of halogens is 1. The number of thioether (sulfide) groups is 1. The Bertz CT molecular complexity index is 1290. The lowest BCUT2D eigenvalue weighted by Gasteiger charge is -2.30. The highest BCUT2D eigenvalue weighted by Gasteiger charge is 2.31. The maximum atomic E-state index is 12.8. The molecule has 0 saturated carbocycles. The summed E-state index contributed by atoms with van der Waals surface area (Å²) < 4.78 is 29.5. The van der Waals surface area contributed by atoms with Gasteiger partial charge in [0.1, 0.15) is 4.90 Å². The molecular weight excluding hydrogens is 466 g/mol. The fourth-order valence-corrected chi connectivity index (χ4v) is 5.71. The van der Waals surface area contributed by atoms with Gasteiger partial charge in [-0.2, -0.15) is 8.42 Å². The Hall–Kier alpha value is -2.81. The molecule has 0 bridgehead atoms. The molecule has 0 aliphatic carbocycles. The Labute approximate surface area is 196 Å². The van der Waals surface area contributed by atoms with E-state index in [0.29, 0.717) is 22.9 Å². The van der Waals surface area contributed by atoms with Gasteiger partial charge in [-0.15, -0.1) is 4.40 Å². The van der Waals surface area contributed by atoms with E-state index < -0.39 is 10.0 Å². The van der Waals surface area contributed by atoms with Crippen LogP contribution in [0.1, 0.15) is 11.1 Å². The molecule has 1 N–H and O–H groups in total. The van der Waals surface area contributed by atoms with Crippen LogP contribution in [0.3, 0.4) is 0 Å². The number of amidine groups is 1. The van der Waals surface area contributed by atoms with Gasteiger partial charge in [-0.1, -0.05) is 71.9 Å². The number of carbonyl (C=O) groups excluding carboxylic acids is 1. The average molecular weight is 486 g/mol. The summed E-state index contributed by atoms with van der Waals surface area (Å²) >= 11 is 7.20. The molecule has 32 heavy (non-hydrogen) atoms. The van der Waals surface area contributed by atoms with E-state index in [-0.39, 0.29) is 21.7 Å². The quantitative estimate of drug-likeness (QED) is 0.544. The first-order chi connectivity index (χ1) is 15.3. The predicted octanol–water partition coefficient (Wildman–Crippen LogP) is 5.09. The van der Waals surface area contributed by atoms with Gasteiger partial charge in [-0.25, -0.2) is 0 Å². The number of nitrogens with one attached hydrogen (secondary N) is 1. The van der Waals surface area contributed by atoms with Crippen LogP contribution in [0.5, 0.6) is 0 Å². The molecular formula is C23H20ClN3O3S2. The minimum absolute atomic E-state index is 0.00619. The van der Waals surface area contributed by atoms with Crippen molar-refractivity contribution in [1.82, 2.24) is 0 Å². The van der Waals surface area contributed by atoms with Gasteiger partial charge in [0.05, 0.1) is 18.0 Å². The molecule has 9 heteroatoms. The van der Waals surface area contributed by atoms with Gasteiger partial charge in [-0.3, -0.25) is 4.79 Å². The van der Waals surface area contributed by atoms with Crippen molar-refractivity contribution in [3.63, 3.8) is 0 Å². The lowest BCUT2D eigenvalue weighted by Crippen LogP contribution is -2.34. The van der Waals surface area contributed by atoms with Crippen LogP contribution in [0.15, 0.2) is 82.1 Å². The lowest BCUT2D eigenvalue weighted by molar-refractivity contribution is -0.113. The number of hydrogen-bond acceptors (Lipinski definition) is 5. The standard InChI is InChI=1S/C23H20ClN3O3S2/c1-16-18(24)10-7-11-19(16)25-22(28)15-31-23-26-32(29,30)21-13-6-5-12-20(21)27(23)14-17-8-3-2-4-9-17/h2-13H,14-15H2,1H3,(H,25,28). The Morgan fingerprint density at radius 3 is 2.53 bits per heavy atom. The van der Waals surface area contributed by atoms with E-state index in [2.05, 4.69) is 9.71 Å². The maximum Gasteiger partial charge on any atom is 0.286 e. The third-order valence-electron chi connectivity index (χ3n) is 4.92. The second kappa shape index (κ2) is 9.36. The molecule has 0 aromatic heterocycles. The third-order valence-corrected chi connectivity index (χ3v) is 7.74. The van der Waals surface area contributed by atoms with Crippen molar-refractivity contribution in [2.75, 3.05) is 16.0 Å². The Morgan fingerprint density at radius 2 is 1.75 bits per heavy atom. The van der Waals surface area contributed by atoms with Crippen LogP contribution >= 0.6 is 23.4 Å². The van der Waals surface area contributed by atoms with Crippen molar-refractivity contribution in [3.8, 4) is 0 Å². The maximum absolute atomic E-state index is 12.8. The molecule has 0 saturated heterocycles. The number of amides is 1. The molecule has 1 heterocycles. The van der Waals surface area contributed by atoms with Crippen molar-refractivity contribution >= 4 is 55.8 Å². The predicted molar refractivity (Wildman–Crippen MR) is 131 cm³/mol. The van der Waals surface area contributed by atoms with Gasteiger partial charge in [0.25, 0.3) is 10.0 Å². The Balaban J connectivity index is 1.58. The van der Waals surface area contributed by atoms with Crippen LogP contribution in [0.25, 0.3) is 0 Å². The summed E-state index contributed by atoms with van der Waals surface area (Å²) in [4.78, 5) is 14.6. The molecule has 4 rings (SSSR count). The normalized spacial score (nSPS) is 14.4. The number of nitrogens with zero attached hydrogens (tertiary/aromatic N) is 2. The minimum atomic E-state index is -3.86. The zero-order valence-electron chi connectivity index (χ0n) is 17.2. The van der Waals surface area contributed by atoms with Gasteiger partial charge >= 0.3 is 0 Å². The Kier molecular flexibility index (Phi) is 6.55. The van der Waals surface area contributed by atoms with E-state index in [9.17, 15) is 13.2 Å². The summed E-state index contributed by atoms with van der Waals surface area (Å²) in [7, 11) is -3.86. The van der Waals surface area contributed by atoms with E-state index in [1.54, 1.807) is 42.5 Å². The van der Waals surface area contributed by atoms with E-state index >= 15 is 0 Å². The minimum Gasteiger partial charge on any atom is -0.325 e. The number of sulfonamides is 1. The molecule has 6 nitrogen and oxygen atoms in total. The van der Waals surface area contributed by atoms with Crippen molar-refractivity contribution in [2.24, 2.45) is 4.40 Å². The second-order valence-electron chi connectivity index (χ2n) is 7.14. The first kappa shape index (κ1) is 22.4. The number of hydrogen-bond donors (Lipinski definition) is 1. The van der Waals surface area contributed by atoms with Crippen LogP contribution in [0.2, 0.25) is 5.02 Å². The highest BCUT2D eigenvalue weighted by Crippen LogP contribution is 2.35. The molecule has 0 unspecified atom stereocenters. The molecule has 3 aromatic carbocycles. The van der Waals surface area contributed by atoms with Gasteiger partial charge in [0, 0.05) is 10.7 Å². The van der Waals surface area contributed by atoms with Gasteiger partial charge in [0.15, 0.2) is 5.17 Å². The van der Waals surface area contributed by atoms with Gasteiger partial charge < -0.3 is 10.2 Å². The number of benzene rings is 3. The van der Waals surface area contributed by atoms with Crippen LogP contribution in [0.4, 0.5) is 11.4 Å². The molecule has 0 spiro atoms. The van der Waals surface area contributed by atoms with E-state index in [1.165, 1.54) is 0 Å². The Morgan fingerprint density at radius 1 is 1.03 bits per heavy atom. The van der Waals surface area contributed by atoms with Crippen LogP contribution in [0, 0.1) is 6.92 Å². The summed E-state index contributed by atoms with van der Waals surface area (Å²) in [6.45, 7) is 2.25. The fraction of sp³-hybridized carbons (Fsp3) is 0.130. The number of fused-ring (bicyclic) bond motifs is 1. The number of anilines is 2. The van der Waals surface area contributed by atoms with Crippen molar-refractivity contribution in [2.45, 2.75) is 18.4 Å². The van der Waals surface area contributed by atoms with Crippen molar-refractivity contribution in [1.29, 1.82) is 0 Å². The number of rotatable bonds is 5. The summed E-state index contributed by atoms with van der Waals surface area (Å²) in [5.41, 5.74) is 2.92. The lowest BCUT2D eigenvalue weighted by atomic mass is 10.2. The highest BCUT2D eigenvalue weighted by molar-refractivity contribution is 8.15. The van der Waals surface area contributed by atoms with Crippen molar-refractivity contribution in [3.05, 3.63) is 88.9 Å². The van der Waals surface area contributed by atoms with Crippen LogP contribution in [-0.2, 0) is 21.4 Å². The van der Waals surface area contributed by atoms with Gasteiger partial charge in [0.2, 0.25) is 5.91 Å².